The summed E-state index contributed by atoms with van der Waals surface area (Å²) in [4.78, 5) is 17.0. The van der Waals surface area contributed by atoms with Crippen LogP contribution in [0.4, 0.5) is 5.69 Å². The molecule has 3 rings (SSSR count). The lowest BCUT2D eigenvalue weighted by molar-refractivity contribution is 0.0635. The fourth-order valence-electron chi connectivity index (χ4n) is 3.35. The maximum absolute atomic E-state index is 12.7. The van der Waals surface area contributed by atoms with E-state index in [9.17, 15) is 4.79 Å². The van der Waals surface area contributed by atoms with Crippen LogP contribution in [0.1, 0.15) is 35.2 Å². The molecular formula is C17H25N3O. The lowest BCUT2D eigenvalue weighted by Crippen LogP contribution is -2.47. The maximum atomic E-state index is 12.7. The zero-order valence-corrected chi connectivity index (χ0v) is 13.1. The van der Waals surface area contributed by atoms with Gasteiger partial charge >= 0.3 is 0 Å². The molecule has 4 heteroatoms. The average Bonchev–Trinajstić information content (AvgIpc) is 2.53. The first-order valence-electron chi connectivity index (χ1n) is 7.97. The largest absolute Gasteiger partial charge is 0.385 e. The van der Waals surface area contributed by atoms with Gasteiger partial charge in [0.25, 0.3) is 5.91 Å². The topological polar surface area (TPSA) is 35.6 Å². The van der Waals surface area contributed by atoms with Gasteiger partial charge in [-0.05, 0) is 63.5 Å². The molecule has 0 bridgehead atoms. The molecule has 2 aliphatic rings. The van der Waals surface area contributed by atoms with E-state index in [1.807, 2.05) is 11.0 Å². The Labute approximate surface area is 127 Å². The van der Waals surface area contributed by atoms with Crippen molar-refractivity contribution in [3.8, 4) is 0 Å². The Morgan fingerprint density at radius 3 is 3.00 bits per heavy atom. The van der Waals surface area contributed by atoms with Crippen molar-refractivity contribution < 1.29 is 4.79 Å². The van der Waals surface area contributed by atoms with Crippen molar-refractivity contribution in [2.45, 2.75) is 31.7 Å². The van der Waals surface area contributed by atoms with Gasteiger partial charge in [-0.3, -0.25) is 4.79 Å². The number of hydrogen-bond acceptors (Lipinski definition) is 3. The number of aryl methyl sites for hydroxylation is 1. The fourth-order valence-corrected chi connectivity index (χ4v) is 3.35. The second-order valence-corrected chi connectivity index (χ2v) is 6.41. The Bertz CT molecular complexity index is 527. The Morgan fingerprint density at radius 1 is 1.33 bits per heavy atom. The summed E-state index contributed by atoms with van der Waals surface area (Å²) in [7, 11) is 4.20. The van der Waals surface area contributed by atoms with Gasteiger partial charge in [-0.25, -0.2) is 0 Å². The SMILES string of the molecule is CN(C)C1CCCN(C(=O)c2ccc3c(c2)CCCN3)C1. The Hall–Kier alpha value is -1.55. The van der Waals surface area contributed by atoms with Gasteiger partial charge in [-0.1, -0.05) is 0 Å². The first-order valence-corrected chi connectivity index (χ1v) is 7.97. The molecule has 0 aliphatic carbocycles. The number of carbonyl (C=O) groups is 1. The van der Waals surface area contributed by atoms with E-state index < -0.39 is 0 Å². The number of nitrogens with one attached hydrogen (secondary N) is 1. The number of fused-ring (bicyclic) bond motifs is 1. The van der Waals surface area contributed by atoms with Gasteiger partial charge in [0.15, 0.2) is 0 Å². The number of hydrogen-bond donors (Lipinski definition) is 1. The average molecular weight is 287 g/mol. The zero-order chi connectivity index (χ0) is 14.8. The third-order valence-corrected chi connectivity index (χ3v) is 4.70. The van der Waals surface area contributed by atoms with Crippen LogP contribution in [0.15, 0.2) is 18.2 Å². The van der Waals surface area contributed by atoms with Crippen molar-refractivity contribution in [1.82, 2.24) is 9.80 Å². The van der Waals surface area contributed by atoms with Crippen molar-refractivity contribution in [2.75, 3.05) is 39.0 Å². The standard InChI is InChI=1S/C17H25N3O/c1-19(2)15-6-4-10-20(12-15)17(21)14-7-8-16-13(11-14)5-3-9-18-16/h7-8,11,15,18H,3-6,9-10,12H2,1-2H3. The predicted molar refractivity (Wildman–Crippen MR) is 85.9 cm³/mol. The molecule has 1 atom stereocenters. The highest BCUT2D eigenvalue weighted by Gasteiger charge is 2.26. The number of piperidine rings is 1. The van der Waals surface area contributed by atoms with E-state index in [1.54, 1.807) is 0 Å². The van der Waals surface area contributed by atoms with Crippen LogP contribution in [-0.4, -0.2) is 55.5 Å². The van der Waals surface area contributed by atoms with Crippen LogP contribution in [0.3, 0.4) is 0 Å². The minimum Gasteiger partial charge on any atom is -0.385 e. The molecule has 21 heavy (non-hydrogen) atoms. The smallest absolute Gasteiger partial charge is 0.253 e. The van der Waals surface area contributed by atoms with Crippen LogP contribution in [0, 0.1) is 0 Å². The fraction of sp³-hybridized carbons (Fsp3) is 0.588. The molecule has 0 radical (unpaired) electrons. The van der Waals surface area contributed by atoms with Crippen molar-refractivity contribution in [3.05, 3.63) is 29.3 Å². The molecule has 0 spiro atoms. The summed E-state index contributed by atoms with van der Waals surface area (Å²) in [6, 6.07) is 6.61. The van der Waals surface area contributed by atoms with E-state index >= 15 is 0 Å². The Kier molecular flexibility index (Phi) is 4.15. The van der Waals surface area contributed by atoms with E-state index in [2.05, 4.69) is 36.4 Å². The lowest BCUT2D eigenvalue weighted by atomic mass is 9.99. The molecule has 2 heterocycles. The van der Waals surface area contributed by atoms with Crippen molar-refractivity contribution in [1.29, 1.82) is 0 Å². The van der Waals surface area contributed by atoms with E-state index in [-0.39, 0.29) is 5.91 Å². The molecule has 1 amide bonds. The lowest BCUT2D eigenvalue weighted by Gasteiger charge is -2.36. The maximum Gasteiger partial charge on any atom is 0.253 e. The highest BCUT2D eigenvalue weighted by molar-refractivity contribution is 5.95. The highest BCUT2D eigenvalue weighted by Crippen LogP contribution is 2.24. The number of likely N-dealkylation sites (N-methyl/N-ethyl adjacent to an activating group) is 1. The summed E-state index contributed by atoms with van der Waals surface area (Å²) in [6.45, 7) is 2.77. The van der Waals surface area contributed by atoms with E-state index in [1.165, 1.54) is 17.7 Å². The normalized spacial score (nSPS) is 21.9. The molecule has 1 fully saturated rings. The van der Waals surface area contributed by atoms with Crippen LogP contribution >= 0.6 is 0 Å². The van der Waals surface area contributed by atoms with Gasteiger partial charge in [0.1, 0.15) is 0 Å². The summed E-state index contributed by atoms with van der Waals surface area (Å²) in [6.07, 6.45) is 4.51. The monoisotopic (exact) mass is 287 g/mol. The quantitative estimate of drug-likeness (QED) is 0.906. The molecule has 4 nitrogen and oxygen atoms in total. The summed E-state index contributed by atoms with van der Waals surface area (Å²) < 4.78 is 0. The zero-order valence-electron chi connectivity index (χ0n) is 13.1. The van der Waals surface area contributed by atoms with Crippen LogP contribution in [0.25, 0.3) is 0 Å². The highest BCUT2D eigenvalue weighted by atomic mass is 16.2. The molecular weight excluding hydrogens is 262 g/mol. The minimum atomic E-state index is 0.190. The van der Waals surface area contributed by atoms with Crippen molar-refractivity contribution in [2.24, 2.45) is 0 Å². The molecule has 1 unspecified atom stereocenters. The van der Waals surface area contributed by atoms with E-state index in [0.29, 0.717) is 6.04 Å². The number of anilines is 1. The second-order valence-electron chi connectivity index (χ2n) is 6.41. The summed E-state index contributed by atoms with van der Waals surface area (Å²) in [5.74, 6) is 0.190. The number of likely N-dealkylation sites (tertiary alicyclic amines) is 1. The van der Waals surface area contributed by atoms with Gasteiger partial charge in [0.2, 0.25) is 0 Å². The number of carbonyl (C=O) groups excluding carboxylic acids is 1. The van der Waals surface area contributed by atoms with Gasteiger partial charge in [0, 0.05) is 36.9 Å². The molecule has 1 aromatic rings. The number of nitrogens with zero attached hydrogens (tertiary/aromatic N) is 2. The minimum absolute atomic E-state index is 0.190. The summed E-state index contributed by atoms with van der Waals surface area (Å²) in [5.41, 5.74) is 3.33. The van der Waals surface area contributed by atoms with Gasteiger partial charge in [-0.15, -0.1) is 0 Å². The second kappa shape index (κ2) is 6.06. The molecule has 2 aliphatic heterocycles. The molecule has 1 aromatic carbocycles. The third-order valence-electron chi connectivity index (χ3n) is 4.70. The summed E-state index contributed by atoms with van der Waals surface area (Å²) >= 11 is 0. The first kappa shape index (κ1) is 14.4. The third kappa shape index (κ3) is 3.05. The van der Waals surface area contributed by atoms with Gasteiger partial charge in [-0.2, -0.15) is 0 Å². The van der Waals surface area contributed by atoms with Crippen LogP contribution in [0.2, 0.25) is 0 Å². The predicted octanol–water partition coefficient (Wildman–Crippen LogP) is 2.21. The molecule has 1 N–H and O–H groups in total. The number of benzene rings is 1. The molecule has 114 valence electrons. The van der Waals surface area contributed by atoms with Crippen LogP contribution in [-0.2, 0) is 6.42 Å². The number of amides is 1. The van der Waals surface area contributed by atoms with Gasteiger partial charge < -0.3 is 15.1 Å². The summed E-state index contributed by atoms with van der Waals surface area (Å²) in [5, 5.41) is 3.40. The van der Waals surface area contributed by atoms with Crippen LogP contribution in [0.5, 0.6) is 0 Å². The number of rotatable bonds is 2. The van der Waals surface area contributed by atoms with Crippen molar-refractivity contribution >= 4 is 11.6 Å². The van der Waals surface area contributed by atoms with Crippen molar-refractivity contribution in [3.63, 3.8) is 0 Å². The molecule has 0 aromatic heterocycles. The Morgan fingerprint density at radius 2 is 2.19 bits per heavy atom. The van der Waals surface area contributed by atoms with Crippen LogP contribution < -0.4 is 5.32 Å². The van der Waals surface area contributed by atoms with Gasteiger partial charge in [0.05, 0.1) is 0 Å². The molecule has 1 saturated heterocycles. The van der Waals surface area contributed by atoms with E-state index in [4.69, 9.17) is 0 Å². The van der Waals surface area contributed by atoms with E-state index in [0.717, 1.165) is 44.5 Å². The Balaban J connectivity index is 1.75. The molecule has 0 saturated carbocycles. The first-order chi connectivity index (χ1) is 10.1.